The summed E-state index contributed by atoms with van der Waals surface area (Å²) in [5.41, 5.74) is 0.0662. The van der Waals surface area contributed by atoms with E-state index in [1.807, 2.05) is 0 Å². The second kappa shape index (κ2) is 6.50. The fourth-order valence-corrected chi connectivity index (χ4v) is 2.94. The Morgan fingerprint density at radius 2 is 1.80 bits per heavy atom. The molecule has 3 rings (SSSR count). The second-order valence-corrected chi connectivity index (χ2v) is 5.74. The Balaban J connectivity index is 2.13. The van der Waals surface area contributed by atoms with E-state index < -0.39 is 36.3 Å². The number of fused-ring (bicyclic) bond motifs is 1. The summed E-state index contributed by atoms with van der Waals surface area (Å²) in [6, 6.07) is 9.43. The minimum absolute atomic E-state index is 0.335. The first-order valence-corrected chi connectivity index (χ1v) is 7.53. The molecule has 2 atom stereocenters. The molecule has 2 N–H and O–H groups in total. The molecule has 25 heavy (non-hydrogen) atoms. The lowest BCUT2D eigenvalue weighted by molar-refractivity contribution is -0.137. The van der Waals surface area contributed by atoms with Crippen LogP contribution in [0.2, 0.25) is 0 Å². The molecule has 2 aromatic carbocycles. The van der Waals surface area contributed by atoms with E-state index in [9.17, 15) is 27.8 Å². The van der Waals surface area contributed by atoms with E-state index >= 15 is 0 Å². The van der Waals surface area contributed by atoms with Gasteiger partial charge in [-0.1, -0.05) is 12.1 Å². The van der Waals surface area contributed by atoms with Gasteiger partial charge in [0.05, 0.1) is 18.2 Å². The Labute approximate surface area is 140 Å². The maximum atomic E-state index is 13.6. The van der Waals surface area contributed by atoms with Crippen molar-refractivity contribution in [2.45, 2.75) is 18.3 Å². The fraction of sp³-hybridized carbons (Fsp3) is 0.222. The zero-order valence-corrected chi connectivity index (χ0v) is 12.9. The standard InChI is InChI=1S/C18H15F4NO2/c19-14-3-1-2-12(9-14)17(16(25)10-24)23-7-6-11-8-13(18(20,21)22)4-5-15(11)23/h1-9,16-17,24-25H,10H2. The Hall–Kier alpha value is -2.38. The third-order valence-electron chi connectivity index (χ3n) is 4.09. The number of benzene rings is 2. The highest BCUT2D eigenvalue weighted by Crippen LogP contribution is 2.34. The number of hydrogen-bond acceptors (Lipinski definition) is 2. The number of aliphatic hydroxyl groups excluding tert-OH is 2. The van der Waals surface area contributed by atoms with E-state index in [4.69, 9.17) is 0 Å². The predicted octanol–water partition coefficient (Wildman–Crippen LogP) is 3.74. The van der Waals surface area contributed by atoms with Gasteiger partial charge in [-0.15, -0.1) is 0 Å². The van der Waals surface area contributed by atoms with Crippen molar-refractivity contribution >= 4 is 10.9 Å². The molecule has 3 aromatic rings. The van der Waals surface area contributed by atoms with Gasteiger partial charge in [0.1, 0.15) is 11.9 Å². The summed E-state index contributed by atoms with van der Waals surface area (Å²) < 4.78 is 53.6. The van der Waals surface area contributed by atoms with E-state index in [0.717, 1.165) is 12.1 Å². The Morgan fingerprint density at radius 1 is 1.04 bits per heavy atom. The molecule has 132 valence electrons. The first kappa shape index (κ1) is 17.4. The monoisotopic (exact) mass is 353 g/mol. The number of aromatic nitrogens is 1. The SMILES string of the molecule is OCC(O)C(c1cccc(F)c1)n1ccc2cc(C(F)(F)F)ccc21. The maximum absolute atomic E-state index is 13.6. The van der Waals surface area contributed by atoms with E-state index in [1.54, 1.807) is 6.07 Å². The van der Waals surface area contributed by atoms with Crippen LogP contribution >= 0.6 is 0 Å². The van der Waals surface area contributed by atoms with E-state index in [0.29, 0.717) is 16.5 Å². The van der Waals surface area contributed by atoms with Crippen LogP contribution in [0.1, 0.15) is 17.2 Å². The quantitative estimate of drug-likeness (QED) is 0.702. The fourth-order valence-electron chi connectivity index (χ4n) is 2.94. The first-order valence-electron chi connectivity index (χ1n) is 7.53. The van der Waals surface area contributed by atoms with Crippen LogP contribution in [-0.2, 0) is 6.18 Å². The molecule has 0 aliphatic heterocycles. The molecule has 0 saturated carbocycles. The number of rotatable bonds is 4. The molecule has 0 amide bonds. The number of halogens is 4. The lowest BCUT2D eigenvalue weighted by Gasteiger charge is -2.25. The van der Waals surface area contributed by atoms with Gasteiger partial charge in [-0.05, 0) is 42.0 Å². The topological polar surface area (TPSA) is 45.4 Å². The van der Waals surface area contributed by atoms with Crippen molar-refractivity contribution in [3.63, 3.8) is 0 Å². The molecule has 2 unspecified atom stereocenters. The van der Waals surface area contributed by atoms with Crippen molar-refractivity contribution < 1.29 is 27.8 Å². The van der Waals surface area contributed by atoms with Crippen molar-refractivity contribution in [2.24, 2.45) is 0 Å². The normalized spacial score (nSPS) is 14.6. The molecule has 7 heteroatoms. The predicted molar refractivity (Wildman–Crippen MR) is 84.6 cm³/mol. The van der Waals surface area contributed by atoms with Crippen LogP contribution in [-0.4, -0.2) is 27.5 Å². The highest BCUT2D eigenvalue weighted by molar-refractivity contribution is 5.81. The van der Waals surface area contributed by atoms with Gasteiger partial charge in [-0.25, -0.2) is 4.39 Å². The molecule has 0 fully saturated rings. The summed E-state index contributed by atoms with van der Waals surface area (Å²) in [7, 11) is 0. The molecule has 0 spiro atoms. The van der Waals surface area contributed by atoms with Gasteiger partial charge >= 0.3 is 6.18 Å². The van der Waals surface area contributed by atoms with Gasteiger partial charge in [-0.3, -0.25) is 0 Å². The van der Waals surface area contributed by atoms with Gasteiger partial charge in [0.25, 0.3) is 0 Å². The maximum Gasteiger partial charge on any atom is 0.416 e. The molecular formula is C18H15F4NO2. The van der Waals surface area contributed by atoms with Gasteiger partial charge < -0.3 is 14.8 Å². The minimum atomic E-state index is -4.46. The molecule has 0 aliphatic rings. The lowest BCUT2D eigenvalue weighted by atomic mass is 10.0. The summed E-state index contributed by atoms with van der Waals surface area (Å²) in [6.45, 7) is -0.582. The molecule has 0 bridgehead atoms. The van der Waals surface area contributed by atoms with Crippen LogP contribution in [0.15, 0.2) is 54.7 Å². The van der Waals surface area contributed by atoms with Crippen LogP contribution in [0.4, 0.5) is 17.6 Å². The Kier molecular flexibility index (Phi) is 4.53. The van der Waals surface area contributed by atoms with Gasteiger partial charge in [0.15, 0.2) is 0 Å². The molecule has 0 saturated heterocycles. The molecular weight excluding hydrogens is 338 g/mol. The second-order valence-electron chi connectivity index (χ2n) is 5.74. The van der Waals surface area contributed by atoms with Crippen molar-refractivity contribution in [3.8, 4) is 0 Å². The van der Waals surface area contributed by atoms with Crippen LogP contribution in [0.25, 0.3) is 10.9 Å². The summed E-state index contributed by atoms with van der Waals surface area (Å²) in [4.78, 5) is 0. The number of hydrogen-bond donors (Lipinski definition) is 2. The average Bonchev–Trinajstić information content (AvgIpc) is 2.97. The summed E-state index contributed by atoms with van der Waals surface area (Å²) in [5.74, 6) is -0.511. The summed E-state index contributed by atoms with van der Waals surface area (Å²) >= 11 is 0. The molecule has 3 nitrogen and oxygen atoms in total. The summed E-state index contributed by atoms with van der Waals surface area (Å²) in [6.07, 6.45) is -4.19. The van der Waals surface area contributed by atoms with Crippen molar-refractivity contribution in [3.05, 3.63) is 71.7 Å². The first-order chi connectivity index (χ1) is 11.8. The van der Waals surface area contributed by atoms with E-state index in [2.05, 4.69) is 0 Å². The third kappa shape index (κ3) is 3.38. The van der Waals surface area contributed by atoms with Gasteiger partial charge in [-0.2, -0.15) is 13.2 Å². The van der Waals surface area contributed by atoms with Crippen LogP contribution < -0.4 is 0 Å². The van der Waals surface area contributed by atoms with E-state index in [1.165, 1.54) is 41.1 Å². The number of aliphatic hydroxyl groups is 2. The molecule has 0 radical (unpaired) electrons. The van der Waals surface area contributed by atoms with Gasteiger partial charge in [0, 0.05) is 17.1 Å². The number of nitrogens with zero attached hydrogens (tertiary/aromatic N) is 1. The summed E-state index contributed by atoms with van der Waals surface area (Å²) in [5, 5.41) is 19.9. The van der Waals surface area contributed by atoms with Crippen molar-refractivity contribution in [1.82, 2.24) is 4.57 Å². The highest BCUT2D eigenvalue weighted by Gasteiger charge is 2.31. The Bertz CT molecular complexity index is 888. The van der Waals surface area contributed by atoms with Crippen LogP contribution in [0.5, 0.6) is 0 Å². The third-order valence-corrected chi connectivity index (χ3v) is 4.09. The molecule has 0 aliphatic carbocycles. The van der Waals surface area contributed by atoms with Gasteiger partial charge in [0.2, 0.25) is 0 Å². The smallest absolute Gasteiger partial charge is 0.394 e. The van der Waals surface area contributed by atoms with Crippen LogP contribution in [0.3, 0.4) is 0 Å². The minimum Gasteiger partial charge on any atom is -0.394 e. The largest absolute Gasteiger partial charge is 0.416 e. The average molecular weight is 353 g/mol. The molecule has 1 heterocycles. The lowest BCUT2D eigenvalue weighted by Crippen LogP contribution is -2.28. The van der Waals surface area contributed by atoms with Crippen LogP contribution in [0, 0.1) is 5.82 Å². The van der Waals surface area contributed by atoms with Crippen molar-refractivity contribution in [2.75, 3.05) is 6.61 Å². The highest BCUT2D eigenvalue weighted by atomic mass is 19.4. The zero-order valence-electron chi connectivity index (χ0n) is 12.9. The Morgan fingerprint density at radius 3 is 2.44 bits per heavy atom. The van der Waals surface area contributed by atoms with Crippen molar-refractivity contribution in [1.29, 1.82) is 0 Å². The zero-order chi connectivity index (χ0) is 18.2. The van der Waals surface area contributed by atoms with E-state index in [-0.39, 0.29) is 0 Å². The molecule has 1 aromatic heterocycles. The number of alkyl halides is 3.